The molecule has 6 bridgehead atoms. The van der Waals surface area contributed by atoms with E-state index < -0.39 is 0 Å². The highest BCUT2D eigenvalue weighted by molar-refractivity contribution is 5.86. The fraction of sp³-hybridized carbons (Fsp3) is 0.439. The number of aromatic nitrogens is 3. The molecule has 50 heavy (non-hydrogen) atoms. The summed E-state index contributed by atoms with van der Waals surface area (Å²) in [7, 11) is 0. The predicted octanol–water partition coefficient (Wildman–Crippen LogP) is 11.0. The van der Waals surface area contributed by atoms with Gasteiger partial charge >= 0.3 is 5.97 Å². The summed E-state index contributed by atoms with van der Waals surface area (Å²) in [5, 5.41) is 17.9. The van der Waals surface area contributed by atoms with Crippen LogP contribution in [0.5, 0.6) is 11.5 Å². The first-order chi connectivity index (χ1) is 24.6. The number of nitrogens with zero attached hydrogens (tertiary/aromatic N) is 5. The zero-order valence-electron chi connectivity index (χ0n) is 29.5. The normalized spacial score (nSPS) is 13.1. The van der Waals surface area contributed by atoms with Gasteiger partial charge in [0.2, 0.25) is 0 Å². The van der Waals surface area contributed by atoms with Gasteiger partial charge in [-0.05, 0) is 75.4 Å². The number of aryl methyl sites for hydroxylation is 1. The Hall–Kier alpha value is -4.79. The van der Waals surface area contributed by atoms with E-state index in [1.807, 2.05) is 71.5 Å². The maximum atomic E-state index is 11.4. The Morgan fingerprint density at radius 3 is 2.30 bits per heavy atom. The Kier molecular flexibility index (Phi) is 14.6. The second kappa shape index (κ2) is 20.0. The average molecular weight is 678 g/mol. The van der Waals surface area contributed by atoms with Crippen molar-refractivity contribution in [3.05, 3.63) is 85.1 Å². The number of fused-ring (bicyclic) bond motifs is 9. The van der Waals surface area contributed by atoms with Gasteiger partial charge in [0.15, 0.2) is 0 Å². The van der Waals surface area contributed by atoms with Gasteiger partial charge in [-0.1, -0.05) is 93.5 Å². The zero-order valence-corrected chi connectivity index (χ0v) is 29.5. The number of azo groups is 1. The number of hydrogen-bond acceptors (Lipinski definition) is 8. The Morgan fingerprint density at radius 1 is 0.780 bits per heavy atom. The van der Waals surface area contributed by atoms with E-state index in [9.17, 15) is 4.79 Å². The van der Waals surface area contributed by atoms with Crippen LogP contribution in [0.15, 0.2) is 95.3 Å². The number of hydrogen-bond donors (Lipinski definition) is 0. The van der Waals surface area contributed by atoms with Gasteiger partial charge < -0.3 is 14.2 Å². The van der Waals surface area contributed by atoms with Crippen LogP contribution in [-0.4, -0.2) is 40.8 Å². The van der Waals surface area contributed by atoms with Gasteiger partial charge in [-0.25, -0.2) is 4.79 Å². The van der Waals surface area contributed by atoms with Crippen LogP contribution in [0.25, 0.3) is 22.4 Å². The molecule has 264 valence electrons. The van der Waals surface area contributed by atoms with Gasteiger partial charge in [0.1, 0.15) is 17.2 Å². The van der Waals surface area contributed by atoms with E-state index in [0.29, 0.717) is 25.4 Å². The average Bonchev–Trinajstić information content (AvgIpc) is 3.61. The third kappa shape index (κ3) is 11.7. The molecule has 1 aliphatic heterocycles. The third-order valence-corrected chi connectivity index (χ3v) is 8.77. The molecule has 4 aromatic rings. The minimum absolute atomic E-state index is 0.291. The van der Waals surface area contributed by atoms with Crippen molar-refractivity contribution in [2.45, 2.75) is 96.9 Å². The Labute approximate surface area is 296 Å². The van der Waals surface area contributed by atoms with E-state index >= 15 is 0 Å². The minimum Gasteiger partial charge on any atom is -0.493 e. The van der Waals surface area contributed by atoms with Gasteiger partial charge in [-0.15, -0.1) is 5.10 Å². The lowest BCUT2D eigenvalue weighted by atomic mass is 10.0. The van der Waals surface area contributed by atoms with Gasteiger partial charge in [-0.3, -0.25) is 4.68 Å². The Bertz CT molecular complexity index is 1700. The molecule has 0 N–H and O–H groups in total. The summed E-state index contributed by atoms with van der Waals surface area (Å²) in [6, 6.07) is 22.1. The van der Waals surface area contributed by atoms with Crippen LogP contribution in [0.3, 0.4) is 0 Å². The summed E-state index contributed by atoms with van der Waals surface area (Å²) in [5.74, 6) is 1.37. The van der Waals surface area contributed by atoms with Crippen molar-refractivity contribution in [3.63, 3.8) is 0 Å². The van der Waals surface area contributed by atoms with Crippen LogP contribution >= 0.6 is 0 Å². The Balaban J connectivity index is 1.18. The van der Waals surface area contributed by atoms with Gasteiger partial charge in [-0.2, -0.15) is 10.2 Å². The summed E-state index contributed by atoms with van der Waals surface area (Å²) in [5.41, 5.74) is 5.68. The molecule has 9 nitrogen and oxygen atoms in total. The summed E-state index contributed by atoms with van der Waals surface area (Å²) in [6.07, 6.45) is 16.4. The second-order valence-electron chi connectivity index (χ2n) is 13.0. The van der Waals surface area contributed by atoms with Crippen molar-refractivity contribution in [2.75, 3.05) is 19.8 Å². The fourth-order valence-electron chi connectivity index (χ4n) is 5.94. The van der Waals surface area contributed by atoms with Crippen molar-refractivity contribution >= 4 is 17.3 Å². The maximum Gasteiger partial charge on any atom is 0.333 e. The lowest BCUT2D eigenvalue weighted by Gasteiger charge is -2.16. The minimum atomic E-state index is -0.291. The van der Waals surface area contributed by atoms with E-state index in [1.165, 1.54) is 32.1 Å². The van der Waals surface area contributed by atoms with Crippen molar-refractivity contribution in [2.24, 2.45) is 10.2 Å². The van der Waals surface area contributed by atoms with Crippen LogP contribution in [0.1, 0.15) is 90.4 Å². The molecule has 2 heterocycles. The number of carbonyl (C=O) groups is 1. The number of rotatable bonds is 14. The molecular formula is C41H51N5O4. The molecule has 0 saturated heterocycles. The van der Waals surface area contributed by atoms with E-state index in [4.69, 9.17) is 14.2 Å². The lowest BCUT2D eigenvalue weighted by Crippen LogP contribution is -2.05. The van der Waals surface area contributed by atoms with E-state index in [-0.39, 0.29) is 5.97 Å². The highest BCUT2D eigenvalue weighted by atomic mass is 16.5. The quantitative estimate of drug-likeness (QED) is 0.0748. The van der Waals surface area contributed by atoms with E-state index in [2.05, 4.69) is 33.2 Å². The molecule has 3 aromatic carbocycles. The van der Waals surface area contributed by atoms with Crippen LogP contribution in [0.2, 0.25) is 0 Å². The summed E-state index contributed by atoms with van der Waals surface area (Å²) in [6.45, 7) is 7.92. The predicted molar refractivity (Wildman–Crippen MR) is 198 cm³/mol. The first-order valence-electron chi connectivity index (χ1n) is 18.3. The molecule has 0 fully saturated rings. The number of esters is 1. The highest BCUT2D eigenvalue weighted by Gasteiger charge is 2.14. The molecule has 0 saturated carbocycles. The molecule has 1 aliphatic rings. The van der Waals surface area contributed by atoms with Gasteiger partial charge in [0, 0.05) is 28.8 Å². The molecule has 1 aromatic heterocycles. The molecule has 0 amide bonds. The van der Waals surface area contributed by atoms with E-state index in [0.717, 1.165) is 103 Å². The molecule has 0 unspecified atom stereocenters. The topological polar surface area (TPSA) is 100 Å². The van der Waals surface area contributed by atoms with Crippen molar-refractivity contribution < 1.29 is 19.0 Å². The zero-order chi connectivity index (χ0) is 34.8. The third-order valence-electron chi connectivity index (χ3n) is 8.77. The monoisotopic (exact) mass is 677 g/mol. The molecule has 0 aliphatic carbocycles. The number of carbonyl (C=O) groups excluding carboxylic acids is 1. The first-order valence-corrected chi connectivity index (χ1v) is 18.3. The number of unbranched alkanes of at least 4 members (excludes halogenated alkanes) is 8. The molecule has 0 spiro atoms. The highest BCUT2D eigenvalue weighted by Crippen LogP contribution is 2.39. The van der Waals surface area contributed by atoms with E-state index in [1.54, 1.807) is 6.92 Å². The SMILES string of the molecule is C=C(C)C(=O)OCCCCCCCCCCCOc1ccc2cc1-c1ccccc1OCCCCCCn1cc(nn1)-c1cccc(c1)N=N2. The first kappa shape index (κ1) is 36.5. The van der Waals surface area contributed by atoms with Crippen molar-refractivity contribution in [3.8, 4) is 33.9 Å². The Morgan fingerprint density at radius 2 is 1.50 bits per heavy atom. The number of benzene rings is 3. The summed E-state index contributed by atoms with van der Waals surface area (Å²) < 4.78 is 19.8. The largest absolute Gasteiger partial charge is 0.493 e. The molecule has 0 radical (unpaired) electrons. The standard InChI is InChI=1S/C41H51N5O4/c1-32(2)41(47)50-28-17-10-7-5-3-4-6-9-15-27-49-40-24-23-35-30-37(40)36-21-12-13-22-39(36)48-26-16-11-8-14-25-46-31-38(44-45-46)33-19-18-20-34(29-33)42-43-35/h12-13,18-24,29-31H,1,3-11,14-17,25-28H2,2H3. The molecular weight excluding hydrogens is 626 g/mol. The lowest BCUT2D eigenvalue weighted by molar-refractivity contribution is -0.139. The number of para-hydroxylation sites is 1. The smallest absolute Gasteiger partial charge is 0.333 e. The van der Waals surface area contributed by atoms with Crippen molar-refractivity contribution in [1.82, 2.24) is 15.0 Å². The molecule has 9 heteroatoms. The van der Waals surface area contributed by atoms with Crippen molar-refractivity contribution in [1.29, 1.82) is 0 Å². The summed E-state index contributed by atoms with van der Waals surface area (Å²) in [4.78, 5) is 11.4. The van der Waals surface area contributed by atoms with Crippen LogP contribution < -0.4 is 9.47 Å². The van der Waals surface area contributed by atoms with Gasteiger partial charge in [0.25, 0.3) is 0 Å². The second-order valence-corrected chi connectivity index (χ2v) is 13.0. The summed E-state index contributed by atoms with van der Waals surface area (Å²) >= 11 is 0. The van der Waals surface area contributed by atoms with Crippen LogP contribution in [0, 0.1) is 0 Å². The van der Waals surface area contributed by atoms with Gasteiger partial charge in [0.05, 0.1) is 37.4 Å². The molecule has 5 rings (SSSR count). The fourth-order valence-corrected chi connectivity index (χ4v) is 5.94. The molecule has 0 atom stereocenters. The maximum absolute atomic E-state index is 11.4. The van der Waals surface area contributed by atoms with Crippen LogP contribution in [0.4, 0.5) is 11.4 Å². The van der Waals surface area contributed by atoms with Crippen LogP contribution in [-0.2, 0) is 16.1 Å². The number of ether oxygens (including phenoxy) is 3.